The van der Waals surface area contributed by atoms with Crippen LogP contribution in [0.1, 0.15) is 36.0 Å². The average molecular weight is 262 g/mol. The van der Waals surface area contributed by atoms with E-state index in [1.807, 2.05) is 0 Å². The van der Waals surface area contributed by atoms with Gasteiger partial charge in [-0.2, -0.15) is 0 Å². The lowest BCUT2D eigenvalue weighted by molar-refractivity contribution is -0.136. The molecule has 2 aliphatic heterocycles. The van der Waals surface area contributed by atoms with Crippen molar-refractivity contribution in [2.75, 3.05) is 13.2 Å². The molecule has 102 valence electrons. The molecule has 0 aromatic heterocycles. The van der Waals surface area contributed by atoms with Crippen LogP contribution in [0.4, 0.5) is 0 Å². The Kier molecular flexibility index (Phi) is 3.32. The summed E-state index contributed by atoms with van der Waals surface area (Å²) in [5.41, 5.74) is 3.40. The SMILES string of the molecule is O=C(O)CCc1c2c(cc3c1OCCC3)OCCC2. The van der Waals surface area contributed by atoms with E-state index in [-0.39, 0.29) is 6.42 Å². The van der Waals surface area contributed by atoms with E-state index in [2.05, 4.69) is 6.07 Å². The zero-order valence-corrected chi connectivity index (χ0v) is 10.9. The van der Waals surface area contributed by atoms with E-state index in [1.54, 1.807) is 0 Å². The molecule has 1 aromatic carbocycles. The normalized spacial score (nSPS) is 16.8. The summed E-state index contributed by atoms with van der Waals surface area (Å²) in [5.74, 6) is 1.10. The molecule has 0 atom stereocenters. The fourth-order valence-corrected chi connectivity index (χ4v) is 2.92. The summed E-state index contributed by atoms with van der Waals surface area (Å²) in [6.45, 7) is 1.48. The second-order valence-electron chi connectivity index (χ2n) is 5.12. The molecule has 1 N–H and O–H groups in total. The summed E-state index contributed by atoms with van der Waals surface area (Å²) >= 11 is 0. The minimum atomic E-state index is -0.765. The third-order valence-corrected chi connectivity index (χ3v) is 3.79. The molecule has 2 heterocycles. The molecule has 3 rings (SSSR count). The van der Waals surface area contributed by atoms with Gasteiger partial charge in [0.05, 0.1) is 13.2 Å². The minimum absolute atomic E-state index is 0.145. The number of rotatable bonds is 3. The maximum Gasteiger partial charge on any atom is 0.303 e. The highest BCUT2D eigenvalue weighted by molar-refractivity contribution is 5.68. The lowest BCUT2D eigenvalue weighted by Gasteiger charge is -2.27. The number of hydrogen-bond donors (Lipinski definition) is 1. The Balaban J connectivity index is 2.03. The second kappa shape index (κ2) is 5.11. The van der Waals surface area contributed by atoms with Crippen molar-refractivity contribution in [3.63, 3.8) is 0 Å². The van der Waals surface area contributed by atoms with Gasteiger partial charge in [0.1, 0.15) is 11.5 Å². The molecule has 0 radical (unpaired) electrons. The van der Waals surface area contributed by atoms with E-state index < -0.39 is 5.97 Å². The Morgan fingerprint density at radius 3 is 2.84 bits per heavy atom. The van der Waals surface area contributed by atoms with Crippen molar-refractivity contribution in [3.05, 3.63) is 22.8 Å². The lowest BCUT2D eigenvalue weighted by Crippen LogP contribution is -2.17. The van der Waals surface area contributed by atoms with E-state index in [0.29, 0.717) is 6.42 Å². The average Bonchev–Trinajstić information content (AvgIpc) is 2.43. The van der Waals surface area contributed by atoms with Crippen molar-refractivity contribution < 1.29 is 19.4 Å². The van der Waals surface area contributed by atoms with Gasteiger partial charge >= 0.3 is 5.97 Å². The van der Waals surface area contributed by atoms with Crippen molar-refractivity contribution in [2.45, 2.75) is 38.5 Å². The Morgan fingerprint density at radius 1 is 1.21 bits per heavy atom. The molecule has 1 aromatic rings. The van der Waals surface area contributed by atoms with Crippen LogP contribution in [0.2, 0.25) is 0 Å². The standard InChI is InChI=1S/C15H18O4/c16-14(17)6-5-12-11-4-2-7-18-13(11)9-10-3-1-8-19-15(10)12/h9H,1-8H2,(H,16,17). The first-order valence-electron chi connectivity index (χ1n) is 6.90. The van der Waals surface area contributed by atoms with Crippen molar-refractivity contribution in [2.24, 2.45) is 0 Å². The molecule has 0 fully saturated rings. The Labute approximate surface area is 112 Å². The molecule has 2 aliphatic rings. The Bertz CT molecular complexity index is 473. The largest absolute Gasteiger partial charge is 0.493 e. The fraction of sp³-hybridized carbons (Fsp3) is 0.533. The molecule has 4 heteroatoms. The van der Waals surface area contributed by atoms with Gasteiger partial charge in [-0.3, -0.25) is 4.79 Å². The van der Waals surface area contributed by atoms with Crippen LogP contribution in [0, 0.1) is 0 Å². The molecule has 0 saturated heterocycles. The summed E-state index contributed by atoms with van der Waals surface area (Å²) in [6.07, 6.45) is 4.64. The number of carboxylic acids is 1. The third-order valence-electron chi connectivity index (χ3n) is 3.79. The summed E-state index contributed by atoms with van der Waals surface area (Å²) in [4.78, 5) is 10.8. The first kappa shape index (κ1) is 12.3. The number of carboxylic acid groups (broad SMARTS) is 1. The zero-order chi connectivity index (χ0) is 13.2. The highest BCUT2D eigenvalue weighted by Crippen LogP contribution is 2.40. The van der Waals surface area contributed by atoms with Crippen LogP contribution in [-0.4, -0.2) is 24.3 Å². The number of benzene rings is 1. The van der Waals surface area contributed by atoms with E-state index in [4.69, 9.17) is 14.6 Å². The molecule has 0 aliphatic carbocycles. The molecule has 4 nitrogen and oxygen atoms in total. The van der Waals surface area contributed by atoms with Crippen LogP contribution in [0.15, 0.2) is 6.07 Å². The number of aliphatic carboxylic acids is 1. The minimum Gasteiger partial charge on any atom is -0.493 e. The number of carbonyl (C=O) groups is 1. The monoisotopic (exact) mass is 262 g/mol. The Morgan fingerprint density at radius 2 is 2.00 bits per heavy atom. The molecule has 0 amide bonds. The van der Waals surface area contributed by atoms with Crippen LogP contribution in [0.25, 0.3) is 0 Å². The molecule has 0 bridgehead atoms. The van der Waals surface area contributed by atoms with Crippen LogP contribution in [0.3, 0.4) is 0 Å². The highest BCUT2D eigenvalue weighted by Gasteiger charge is 2.24. The van der Waals surface area contributed by atoms with E-state index in [0.717, 1.165) is 61.5 Å². The van der Waals surface area contributed by atoms with Gasteiger partial charge in [0.25, 0.3) is 0 Å². The quantitative estimate of drug-likeness (QED) is 0.908. The van der Waals surface area contributed by atoms with Gasteiger partial charge in [-0.05, 0) is 43.7 Å². The van der Waals surface area contributed by atoms with Gasteiger partial charge in [-0.1, -0.05) is 0 Å². The van der Waals surface area contributed by atoms with Gasteiger partial charge in [0.15, 0.2) is 0 Å². The second-order valence-corrected chi connectivity index (χ2v) is 5.12. The van der Waals surface area contributed by atoms with Gasteiger partial charge in [-0.15, -0.1) is 0 Å². The molecule has 19 heavy (non-hydrogen) atoms. The van der Waals surface area contributed by atoms with Gasteiger partial charge in [0, 0.05) is 17.5 Å². The van der Waals surface area contributed by atoms with E-state index in [9.17, 15) is 4.79 Å². The third kappa shape index (κ3) is 2.39. The number of aryl methyl sites for hydroxylation is 1. The molecule has 0 saturated carbocycles. The smallest absolute Gasteiger partial charge is 0.303 e. The van der Waals surface area contributed by atoms with Crippen molar-refractivity contribution in [3.8, 4) is 11.5 Å². The Hall–Kier alpha value is -1.71. The topological polar surface area (TPSA) is 55.8 Å². The predicted molar refractivity (Wildman–Crippen MR) is 70.0 cm³/mol. The fourth-order valence-electron chi connectivity index (χ4n) is 2.92. The first-order valence-corrected chi connectivity index (χ1v) is 6.90. The van der Waals surface area contributed by atoms with Crippen LogP contribution >= 0.6 is 0 Å². The lowest BCUT2D eigenvalue weighted by atomic mass is 9.91. The van der Waals surface area contributed by atoms with Crippen molar-refractivity contribution in [1.29, 1.82) is 0 Å². The molecular weight excluding hydrogens is 244 g/mol. The summed E-state index contributed by atoms with van der Waals surface area (Å²) in [5, 5.41) is 8.91. The molecule has 0 spiro atoms. The van der Waals surface area contributed by atoms with E-state index in [1.165, 1.54) is 5.56 Å². The molecular formula is C15H18O4. The van der Waals surface area contributed by atoms with Crippen molar-refractivity contribution >= 4 is 5.97 Å². The maximum absolute atomic E-state index is 10.8. The number of fused-ring (bicyclic) bond motifs is 2. The zero-order valence-electron chi connectivity index (χ0n) is 10.9. The van der Waals surface area contributed by atoms with Crippen LogP contribution < -0.4 is 9.47 Å². The molecule has 0 unspecified atom stereocenters. The van der Waals surface area contributed by atoms with E-state index >= 15 is 0 Å². The van der Waals surface area contributed by atoms with Gasteiger partial charge in [-0.25, -0.2) is 0 Å². The summed E-state index contributed by atoms with van der Waals surface area (Å²) < 4.78 is 11.5. The number of hydrogen-bond acceptors (Lipinski definition) is 3. The van der Waals surface area contributed by atoms with Crippen LogP contribution in [-0.2, 0) is 24.1 Å². The first-order chi connectivity index (χ1) is 9.25. The van der Waals surface area contributed by atoms with Crippen molar-refractivity contribution in [1.82, 2.24) is 0 Å². The summed E-state index contributed by atoms with van der Waals surface area (Å²) in [7, 11) is 0. The number of ether oxygens (including phenoxy) is 2. The highest BCUT2D eigenvalue weighted by atomic mass is 16.5. The van der Waals surface area contributed by atoms with Gasteiger partial charge in [0.2, 0.25) is 0 Å². The van der Waals surface area contributed by atoms with Crippen LogP contribution in [0.5, 0.6) is 11.5 Å². The van der Waals surface area contributed by atoms with Gasteiger partial charge < -0.3 is 14.6 Å². The summed E-state index contributed by atoms with van der Waals surface area (Å²) in [6, 6.07) is 2.09. The maximum atomic E-state index is 10.8. The predicted octanol–water partition coefficient (Wildman–Crippen LogP) is 2.35.